The molecule has 0 N–H and O–H groups in total. The maximum Gasteiger partial charge on any atom is 0.225 e. The molecule has 0 unspecified atom stereocenters. The minimum absolute atomic E-state index is 0.148. The topological polar surface area (TPSA) is 49.3 Å². The van der Waals surface area contributed by atoms with Crippen LogP contribution in [0.25, 0.3) is 6.08 Å². The van der Waals surface area contributed by atoms with Gasteiger partial charge in [0.25, 0.3) is 0 Å². The van der Waals surface area contributed by atoms with Gasteiger partial charge >= 0.3 is 0 Å². The van der Waals surface area contributed by atoms with Crippen molar-refractivity contribution in [1.82, 2.24) is 20.0 Å². The Balaban J connectivity index is 1.15. The zero-order chi connectivity index (χ0) is 19.7. The molecule has 0 radical (unpaired) electrons. The van der Waals surface area contributed by atoms with E-state index in [0.29, 0.717) is 5.91 Å². The summed E-state index contributed by atoms with van der Waals surface area (Å²) in [5, 5.41) is 7.80. The second kappa shape index (κ2) is 7.71. The number of aromatic nitrogens is 2. The SMILES string of the molecule is O=C(C1CCN(Cc2ccnnc2)CC1)N1CCC2(C=Cc3ccccc32)CC1. The number of hydrogen-bond acceptors (Lipinski definition) is 4. The molecule has 5 nitrogen and oxygen atoms in total. The van der Waals surface area contributed by atoms with E-state index < -0.39 is 0 Å². The van der Waals surface area contributed by atoms with Gasteiger partial charge in [0.05, 0.1) is 6.20 Å². The molecular formula is C24H28N4O. The second-order valence-corrected chi connectivity index (χ2v) is 8.70. The predicted octanol–water partition coefficient (Wildman–Crippen LogP) is 3.28. The summed E-state index contributed by atoms with van der Waals surface area (Å²) >= 11 is 0. The molecule has 2 fully saturated rings. The highest BCUT2D eigenvalue weighted by Crippen LogP contribution is 2.43. The third-order valence-electron chi connectivity index (χ3n) is 7.03. The van der Waals surface area contributed by atoms with Crippen molar-refractivity contribution in [3.63, 3.8) is 0 Å². The maximum atomic E-state index is 13.1. The van der Waals surface area contributed by atoms with Gasteiger partial charge in [-0.3, -0.25) is 9.69 Å². The number of benzene rings is 1. The molecule has 1 aliphatic carbocycles. The molecule has 0 saturated carbocycles. The Hall–Kier alpha value is -2.53. The van der Waals surface area contributed by atoms with E-state index >= 15 is 0 Å². The van der Waals surface area contributed by atoms with E-state index in [0.717, 1.165) is 58.4 Å². The van der Waals surface area contributed by atoms with Crippen molar-refractivity contribution in [2.45, 2.75) is 37.6 Å². The molecule has 2 aliphatic heterocycles. The van der Waals surface area contributed by atoms with Crippen LogP contribution in [-0.4, -0.2) is 52.1 Å². The Kier molecular flexibility index (Phi) is 4.92. The lowest BCUT2D eigenvalue weighted by Gasteiger charge is -2.41. The number of nitrogens with zero attached hydrogens (tertiary/aromatic N) is 4. The van der Waals surface area contributed by atoms with Crippen LogP contribution in [0, 0.1) is 5.92 Å². The van der Waals surface area contributed by atoms with E-state index in [2.05, 4.69) is 56.4 Å². The van der Waals surface area contributed by atoms with Gasteiger partial charge in [0.2, 0.25) is 5.91 Å². The maximum absolute atomic E-state index is 13.1. The van der Waals surface area contributed by atoms with Gasteiger partial charge < -0.3 is 4.90 Å². The van der Waals surface area contributed by atoms with Crippen molar-refractivity contribution < 1.29 is 4.79 Å². The number of piperidine rings is 2. The number of fused-ring (bicyclic) bond motifs is 2. The molecule has 5 rings (SSSR count). The van der Waals surface area contributed by atoms with Crippen LogP contribution in [0.3, 0.4) is 0 Å². The van der Waals surface area contributed by atoms with Crippen molar-refractivity contribution in [1.29, 1.82) is 0 Å². The average Bonchev–Trinajstić information content (AvgIpc) is 3.13. The molecule has 1 amide bonds. The third-order valence-corrected chi connectivity index (χ3v) is 7.03. The molecule has 1 aromatic carbocycles. The van der Waals surface area contributed by atoms with Gasteiger partial charge in [0.15, 0.2) is 0 Å². The van der Waals surface area contributed by atoms with Crippen LogP contribution in [0.15, 0.2) is 48.8 Å². The summed E-state index contributed by atoms with van der Waals surface area (Å²) in [6.07, 6.45) is 12.2. The normalized spacial score (nSPS) is 21.4. The minimum atomic E-state index is 0.148. The second-order valence-electron chi connectivity index (χ2n) is 8.70. The van der Waals surface area contributed by atoms with E-state index in [4.69, 9.17) is 0 Å². The summed E-state index contributed by atoms with van der Waals surface area (Å²) in [5.41, 5.74) is 4.14. The number of rotatable bonds is 3. The lowest BCUT2D eigenvalue weighted by molar-refractivity contribution is -0.138. The van der Waals surface area contributed by atoms with E-state index in [1.54, 1.807) is 6.20 Å². The zero-order valence-electron chi connectivity index (χ0n) is 16.8. The highest BCUT2D eigenvalue weighted by atomic mass is 16.2. The van der Waals surface area contributed by atoms with Crippen molar-refractivity contribution in [3.8, 4) is 0 Å². The third kappa shape index (κ3) is 3.60. The smallest absolute Gasteiger partial charge is 0.225 e. The number of amides is 1. The fourth-order valence-electron chi connectivity index (χ4n) is 5.26. The molecule has 2 aromatic rings. The van der Waals surface area contributed by atoms with Gasteiger partial charge in [0.1, 0.15) is 0 Å². The van der Waals surface area contributed by atoms with Crippen molar-refractivity contribution in [2.24, 2.45) is 5.92 Å². The van der Waals surface area contributed by atoms with Crippen LogP contribution >= 0.6 is 0 Å². The molecule has 0 atom stereocenters. The highest BCUT2D eigenvalue weighted by Gasteiger charge is 2.40. The molecule has 2 saturated heterocycles. The minimum Gasteiger partial charge on any atom is -0.342 e. The van der Waals surface area contributed by atoms with Crippen molar-refractivity contribution >= 4 is 12.0 Å². The van der Waals surface area contributed by atoms with Crippen LogP contribution in [-0.2, 0) is 16.8 Å². The molecule has 150 valence electrons. The van der Waals surface area contributed by atoms with E-state index in [1.807, 2.05) is 12.3 Å². The van der Waals surface area contributed by atoms with Crippen molar-refractivity contribution in [2.75, 3.05) is 26.2 Å². The predicted molar refractivity (Wildman–Crippen MR) is 113 cm³/mol. The highest BCUT2D eigenvalue weighted by molar-refractivity contribution is 5.79. The number of hydrogen-bond donors (Lipinski definition) is 0. The quantitative estimate of drug-likeness (QED) is 0.810. The molecular weight excluding hydrogens is 360 g/mol. The standard InChI is InChI=1S/C24H28N4O/c29-23(21-7-13-27(14-8-21)18-19-6-12-25-26-17-19)28-15-10-24(11-16-28)9-5-20-3-1-2-4-22(20)24/h1-6,9,12,17,21H,7-8,10-11,13-16,18H2. The van der Waals surface area contributed by atoms with Gasteiger partial charge in [-0.05, 0) is 61.5 Å². The van der Waals surface area contributed by atoms with Gasteiger partial charge in [-0.2, -0.15) is 10.2 Å². The Morgan fingerprint density at radius 2 is 1.83 bits per heavy atom. The van der Waals surface area contributed by atoms with Crippen LogP contribution in [0.5, 0.6) is 0 Å². The molecule has 29 heavy (non-hydrogen) atoms. The van der Waals surface area contributed by atoms with Crippen LogP contribution in [0.2, 0.25) is 0 Å². The average molecular weight is 389 g/mol. The number of carbonyl (C=O) groups excluding carboxylic acids is 1. The van der Waals surface area contributed by atoms with Crippen molar-refractivity contribution in [3.05, 3.63) is 65.5 Å². The largest absolute Gasteiger partial charge is 0.342 e. The first kappa shape index (κ1) is 18.5. The lowest BCUT2D eigenvalue weighted by atomic mass is 9.74. The Morgan fingerprint density at radius 3 is 2.59 bits per heavy atom. The lowest BCUT2D eigenvalue weighted by Crippen LogP contribution is -2.48. The Labute approximate surface area is 172 Å². The summed E-state index contributed by atoms with van der Waals surface area (Å²) in [6, 6.07) is 10.7. The van der Waals surface area contributed by atoms with Gasteiger partial charge in [0, 0.05) is 37.2 Å². The summed E-state index contributed by atoms with van der Waals surface area (Å²) < 4.78 is 0. The van der Waals surface area contributed by atoms with Crippen LogP contribution in [0.1, 0.15) is 42.4 Å². The summed E-state index contributed by atoms with van der Waals surface area (Å²) in [7, 11) is 0. The van der Waals surface area contributed by atoms with Crippen LogP contribution < -0.4 is 0 Å². The molecule has 3 heterocycles. The summed E-state index contributed by atoms with van der Waals surface area (Å²) in [4.78, 5) is 17.7. The summed E-state index contributed by atoms with van der Waals surface area (Å²) in [6.45, 7) is 4.61. The van der Waals surface area contributed by atoms with Crippen LogP contribution in [0.4, 0.5) is 0 Å². The van der Waals surface area contributed by atoms with E-state index in [1.165, 1.54) is 16.7 Å². The molecule has 0 bridgehead atoms. The summed E-state index contributed by atoms with van der Waals surface area (Å²) in [5.74, 6) is 0.558. The van der Waals surface area contributed by atoms with Gasteiger partial charge in [-0.25, -0.2) is 0 Å². The number of allylic oxidation sites excluding steroid dienone is 1. The fraction of sp³-hybridized carbons (Fsp3) is 0.458. The van der Waals surface area contributed by atoms with E-state index in [-0.39, 0.29) is 11.3 Å². The Bertz CT molecular complexity index is 894. The number of likely N-dealkylation sites (tertiary alicyclic amines) is 2. The van der Waals surface area contributed by atoms with E-state index in [9.17, 15) is 4.79 Å². The molecule has 3 aliphatic rings. The first-order chi connectivity index (χ1) is 14.2. The first-order valence-corrected chi connectivity index (χ1v) is 10.8. The molecule has 5 heteroatoms. The fourth-order valence-corrected chi connectivity index (χ4v) is 5.26. The van der Waals surface area contributed by atoms with Gasteiger partial charge in [-0.1, -0.05) is 36.4 Å². The van der Waals surface area contributed by atoms with Gasteiger partial charge in [-0.15, -0.1) is 0 Å². The molecule has 1 spiro atoms. The first-order valence-electron chi connectivity index (χ1n) is 10.8. The number of carbonyl (C=O) groups is 1. The zero-order valence-corrected chi connectivity index (χ0v) is 16.8. The Morgan fingerprint density at radius 1 is 1.03 bits per heavy atom. The molecule has 1 aromatic heterocycles. The monoisotopic (exact) mass is 388 g/mol.